The highest BCUT2D eigenvalue weighted by atomic mass is 15.1. The van der Waals surface area contributed by atoms with E-state index >= 15 is 0 Å². The predicted molar refractivity (Wildman–Crippen MR) is 247 cm³/mol. The van der Waals surface area contributed by atoms with Crippen molar-refractivity contribution in [1.29, 1.82) is 0 Å². The normalized spacial score (nSPS) is 14.5. The first-order valence-electron chi connectivity index (χ1n) is 20.4. The molecule has 0 N–H and O–H groups in total. The van der Waals surface area contributed by atoms with Gasteiger partial charge >= 0.3 is 0 Å². The molecule has 0 heterocycles. The summed E-state index contributed by atoms with van der Waals surface area (Å²) >= 11 is 0. The van der Waals surface area contributed by atoms with Gasteiger partial charge < -0.3 is 9.80 Å². The average Bonchev–Trinajstić information content (AvgIpc) is 3.78. The molecule has 0 saturated carbocycles. The van der Waals surface area contributed by atoms with Crippen LogP contribution in [-0.4, -0.2) is 0 Å². The van der Waals surface area contributed by atoms with Crippen LogP contribution in [0.3, 0.4) is 0 Å². The molecule has 12 rings (SSSR count). The second-order valence-corrected chi connectivity index (χ2v) is 15.6. The molecule has 0 radical (unpaired) electrons. The highest BCUT2D eigenvalue weighted by Gasteiger charge is 2.52. The third kappa shape index (κ3) is 4.93. The van der Waals surface area contributed by atoms with Gasteiger partial charge in [0.15, 0.2) is 0 Å². The van der Waals surface area contributed by atoms with E-state index in [-0.39, 0.29) is 0 Å². The second kappa shape index (κ2) is 13.2. The number of anilines is 6. The molecule has 2 aliphatic carbocycles. The molecule has 0 bridgehead atoms. The molecule has 276 valence electrons. The summed E-state index contributed by atoms with van der Waals surface area (Å²) in [5.74, 6) is 0. The van der Waals surface area contributed by atoms with E-state index < -0.39 is 5.41 Å². The first-order chi connectivity index (χ1) is 29.3. The van der Waals surface area contributed by atoms with Gasteiger partial charge in [-0.25, -0.2) is 0 Å². The topological polar surface area (TPSA) is 6.48 Å². The van der Waals surface area contributed by atoms with Crippen molar-refractivity contribution >= 4 is 55.7 Å². The molecule has 1 spiro atoms. The zero-order valence-electron chi connectivity index (χ0n) is 32.3. The minimum Gasteiger partial charge on any atom is -0.310 e. The highest BCUT2D eigenvalue weighted by Crippen LogP contribution is 2.65. The van der Waals surface area contributed by atoms with Gasteiger partial charge in [-0.2, -0.15) is 0 Å². The summed E-state index contributed by atoms with van der Waals surface area (Å²) in [6.45, 7) is 0. The number of nitrogens with zero attached hydrogens (tertiary/aromatic N) is 2. The third-order valence-electron chi connectivity index (χ3n) is 12.6. The maximum atomic E-state index is 2.48. The van der Waals surface area contributed by atoms with Crippen LogP contribution in [0.2, 0.25) is 0 Å². The number of fused-ring (bicyclic) bond motifs is 13. The first kappa shape index (κ1) is 33.5. The molecule has 1 unspecified atom stereocenters. The molecule has 0 aromatic heterocycles. The summed E-state index contributed by atoms with van der Waals surface area (Å²) in [6, 6.07) is 84.8. The van der Waals surface area contributed by atoms with E-state index in [4.69, 9.17) is 0 Å². The Hall–Kier alpha value is -7.68. The Labute approximate surface area is 344 Å². The number of hydrogen-bond donors (Lipinski definition) is 0. The molecule has 2 heteroatoms. The van der Waals surface area contributed by atoms with Gasteiger partial charge in [-0.1, -0.05) is 164 Å². The van der Waals surface area contributed by atoms with Crippen molar-refractivity contribution in [2.45, 2.75) is 5.41 Å². The summed E-state index contributed by atoms with van der Waals surface area (Å²) in [4.78, 5) is 4.85. The summed E-state index contributed by atoms with van der Waals surface area (Å²) in [5.41, 5.74) is 16.6. The Morgan fingerprint density at radius 3 is 1.51 bits per heavy atom. The Morgan fingerprint density at radius 2 is 0.780 bits per heavy atom. The quantitative estimate of drug-likeness (QED) is 0.156. The van der Waals surface area contributed by atoms with E-state index in [9.17, 15) is 0 Å². The average molecular weight is 751 g/mol. The van der Waals surface area contributed by atoms with E-state index in [2.05, 4.69) is 240 Å². The van der Waals surface area contributed by atoms with Crippen LogP contribution >= 0.6 is 0 Å². The standard InChI is InChI=1S/C57H38N2/c1-4-18-41(19-5-1)58(44-33-35-47-40(37-44)32-31-39-17-10-11-24-46(39)47)45-34-36-49-48-25-12-14-27-51(48)57(54(49)38-45)52-28-15-13-26-50(52)56-53(57)29-16-30-55(56)59(42-20-6-2-7-21-42)43-22-8-3-9-23-43/h1-38H. The SMILES string of the molecule is c1ccc(N(c2ccc3c(c2)C2(c4ccccc4-3)c3ccccc3-c3c(N(c4ccccc4)c4ccccc4)cccc32)c2ccc3c(ccc4ccccc43)c2)cc1. The zero-order chi connectivity index (χ0) is 38.9. The van der Waals surface area contributed by atoms with Crippen molar-refractivity contribution in [3.63, 3.8) is 0 Å². The van der Waals surface area contributed by atoms with Gasteiger partial charge in [-0.15, -0.1) is 0 Å². The minimum atomic E-state index is -0.534. The predicted octanol–water partition coefficient (Wildman–Crippen LogP) is 15.3. The van der Waals surface area contributed by atoms with Gasteiger partial charge in [0.1, 0.15) is 0 Å². The van der Waals surface area contributed by atoms with Crippen molar-refractivity contribution in [2.24, 2.45) is 0 Å². The van der Waals surface area contributed by atoms with Crippen molar-refractivity contribution < 1.29 is 0 Å². The van der Waals surface area contributed by atoms with Crippen LogP contribution in [0.4, 0.5) is 34.1 Å². The maximum Gasteiger partial charge on any atom is 0.0727 e. The molecule has 10 aromatic carbocycles. The fraction of sp³-hybridized carbons (Fsp3) is 0.0175. The van der Waals surface area contributed by atoms with Crippen molar-refractivity contribution in [3.05, 3.63) is 253 Å². The second-order valence-electron chi connectivity index (χ2n) is 15.6. The van der Waals surface area contributed by atoms with Crippen LogP contribution in [0.5, 0.6) is 0 Å². The number of rotatable bonds is 6. The lowest BCUT2D eigenvalue weighted by atomic mass is 9.70. The first-order valence-corrected chi connectivity index (χ1v) is 20.4. The van der Waals surface area contributed by atoms with Gasteiger partial charge in [0.2, 0.25) is 0 Å². The van der Waals surface area contributed by atoms with Gasteiger partial charge in [0.25, 0.3) is 0 Å². The van der Waals surface area contributed by atoms with Gasteiger partial charge in [-0.05, 0) is 127 Å². The van der Waals surface area contributed by atoms with Crippen LogP contribution in [0.15, 0.2) is 231 Å². The van der Waals surface area contributed by atoms with Crippen LogP contribution < -0.4 is 9.80 Å². The molecule has 0 amide bonds. The van der Waals surface area contributed by atoms with E-state index in [1.807, 2.05) is 0 Å². The van der Waals surface area contributed by atoms with Crippen molar-refractivity contribution in [3.8, 4) is 22.3 Å². The van der Waals surface area contributed by atoms with Gasteiger partial charge in [0, 0.05) is 34.0 Å². The zero-order valence-corrected chi connectivity index (χ0v) is 32.3. The number of para-hydroxylation sites is 3. The third-order valence-corrected chi connectivity index (χ3v) is 12.6. The minimum absolute atomic E-state index is 0.534. The molecule has 0 saturated heterocycles. The molecular formula is C57H38N2. The van der Waals surface area contributed by atoms with Crippen LogP contribution in [-0.2, 0) is 5.41 Å². The van der Waals surface area contributed by atoms with E-state index in [1.165, 1.54) is 71.7 Å². The molecule has 10 aromatic rings. The van der Waals surface area contributed by atoms with Gasteiger partial charge in [0.05, 0.1) is 11.1 Å². The Morgan fingerprint density at radius 1 is 0.271 bits per heavy atom. The lowest BCUT2D eigenvalue weighted by molar-refractivity contribution is 0.793. The monoisotopic (exact) mass is 750 g/mol. The molecule has 2 nitrogen and oxygen atoms in total. The van der Waals surface area contributed by atoms with Crippen LogP contribution in [0.25, 0.3) is 43.8 Å². The van der Waals surface area contributed by atoms with Crippen molar-refractivity contribution in [2.75, 3.05) is 9.80 Å². The molecule has 1 atom stereocenters. The molecule has 0 aliphatic heterocycles. The Kier molecular flexibility index (Phi) is 7.48. The van der Waals surface area contributed by atoms with Crippen LogP contribution in [0.1, 0.15) is 22.3 Å². The lowest BCUT2D eigenvalue weighted by Crippen LogP contribution is -2.26. The summed E-state index contributed by atoms with van der Waals surface area (Å²) in [6.07, 6.45) is 0. The van der Waals surface area contributed by atoms with E-state index in [0.29, 0.717) is 0 Å². The van der Waals surface area contributed by atoms with Gasteiger partial charge in [-0.3, -0.25) is 0 Å². The van der Waals surface area contributed by atoms with E-state index in [0.717, 1.165) is 28.4 Å². The van der Waals surface area contributed by atoms with E-state index in [1.54, 1.807) is 0 Å². The summed E-state index contributed by atoms with van der Waals surface area (Å²) < 4.78 is 0. The Bertz CT molecular complexity index is 3190. The lowest BCUT2D eigenvalue weighted by Gasteiger charge is -2.33. The summed E-state index contributed by atoms with van der Waals surface area (Å²) in [7, 11) is 0. The maximum absolute atomic E-state index is 2.48. The number of hydrogen-bond acceptors (Lipinski definition) is 2. The molecule has 59 heavy (non-hydrogen) atoms. The molecular weight excluding hydrogens is 713 g/mol. The molecule has 2 aliphatic rings. The van der Waals surface area contributed by atoms with Crippen LogP contribution in [0, 0.1) is 0 Å². The largest absolute Gasteiger partial charge is 0.310 e. The molecule has 0 fully saturated rings. The fourth-order valence-corrected chi connectivity index (χ4v) is 10.2. The Balaban J connectivity index is 1.12. The van der Waals surface area contributed by atoms with Crippen molar-refractivity contribution in [1.82, 2.24) is 0 Å². The summed E-state index contributed by atoms with van der Waals surface area (Å²) in [5, 5.41) is 5.01. The highest BCUT2D eigenvalue weighted by molar-refractivity contribution is 6.09. The number of benzene rings is 10. The smallest absolute Gasteiger partial charge is 0.0727 e. The fourth-order valence-electron chi connectivity index (χ4n) is 10.2.